The first-order valence-electron chi connectivity index (χ1n) is 15.8. The van der Waals surface area contributed by atoms with Crippen LogP contribution >= 0.6 is 0 Å². The van der Waals surface area contributed by atoms with Gasteiger partial charge in [0.05, 0.1) is 16.7 Å². The molecule has 5 heteroatoms. The normalized spacial score (nSPS) is 13.9. The summed E-state index contributed by atoms with van der Waals surface area (Å²) in [4.78, 5) is 17.0. The quantitative estimate of drug-likeness (QED) is 0.212. The lowest BCUT2D eigenvalue weighted by atomic mass is 9.92. The summed E-state index contributed by atoms with van der Waals surface area (Å²) in [6.45, 7) is 0. The van der Waals surface area contributed by atoms with Gasteiger partial charge in [0.1, 0.15) is 6.17 Å². The summed E-state index contributed by atoms with van der Waals surface area (Å²) in [6, 6.07) is 51.0. The third-order valence-corrected chi connectivity index (χ3v) is 8.95. The van der Waals surface area contributed by atoms with Gasteiger partial charge in [-0.2, -0.15) is 0 Å². The molecule has 222 valence electrons. The molecular formula is C42H29N5. The predicted octanol–water partition coefficient (Wildman–Crippen LogP) is 10.4. The van der Waals surface area contributed by atoms with Crippen molar-refractivity contribution in [3.8, 4) is 33.4 Å². The molecule has 1 aliphatic heterocycles. The van der Waals surface area contributed by atoms with Gasteiger partial charge in [0.25, 0.3) is 0 Å². The number of hydrogen-bond donors (Lipinski definition) is 1. The van der Waals surface area contributed by atoms with E-state index in [2.05, 4.69) is 138 Å². The highest BCUT2D eigenvalue weighted by atomic mass is 15.4. The Balaban J connectivity index is 1.27. The summed E-state index contributed by atoms with van der Waals surface area (Å²) < 4.78 is 0. The van der Waals surface area contributed by atoms with Crippen LogP contribution in [0.4, 0.5) is 17.2 Å². The van der Waals surface area contributed by atoms with E-state index in [9.17, 15) is 0 Å². The van der Waals surface area contributed by atoms with E-state index in [-0.39, 0.29) is 6.17 Å². The van der Waals surface area contributed by atoms with E-state index < -0.39 is 0 Å². The first kappa shape index (κ1) is 27.0. The highest BCUT2D eigenvalue weighted by Gasteiger charge is 2.33. The summed E-state index contributed by atoms with van der Waals surface area (Å²) in [6.07, 6.45) is 5.50. The van der Waals surface area contributed by atoms with Crippen LogP contribution in [-0.4, -0.2) is 15.0 Å². The van der Waals surface area contributed by atoms with Gasteiger partial charge in [0.2, 0.25) is 0 Å². The van der Waals surface area contributed by atoms with Gasteiger partial charge < -0.3 is 5.32 Å². The maximum absolute atomic E-state index is 5.06. The molecule has 4 heterocycles. The number of nitrogens with zero attached hydrogens (tertiary/aromatic N) is 4. The van der Waals surface area contributed by atoms with Crippen LogP contribution in [-0.2, 0) is 0 Å². The van der Waals surface area contributed by atoms with Gasteiger partial charge in [0, 0.05) is 51.7 Å². The Kier molecular flexibility index (Phi) is 6.46. The fraction of sp³-hybridized carbons (Fsp3) is 0.0238. The minimum atomic E-state index is -0.213. The summed E-state index contributed by atoms with van der Waals surface area (Å²) in [5.41, 5.74) is 11.7. The van der Waals surface area contributed by atoms with Crippen LogP contribution in [0.1, 0.15) is 11.7 Å². The molecule has 1 unspecified atom stereocenters. The van der Waals surface area contributed by atoms with Crippen LogP contribution in [0.25, 0.3) is 55.2 Å². The van der Waals surface area contributed by atoms with Crippen molar-refractivity contribution in [3.63, 3.8) is 0 Å². The molecule has 0 aliphatic carbocycles. The zero-order valence-corrected chi connectivity index (χ0v) is 25.5. The highest BCUT2D eigenvalue weighted by Crippen LogP contribution is 2.47. The average molecular weight is 604 g/mol. The van der Waals surface area contributed by atoms with Gasteiger partial charge >= 0.3 is 0 Å². The summed E-state index contributed by atoms with van der Waals surface area (Å²) in [5.74, 6) is 0.895. The molecule has 47 heavy (non-hydrogen) atoms. The molecule has 1 N–H and O–H groups in total. The van der Waals surface area contributed by atoms with E-state index in [1.807, 2.05) is 36.8 Å². The van der Waals surface area contributed by atoms with Crippen molar-refractivity contribution in [1.82, 2.24) is 15.0 Å². The van der Waals surface area contributed by atoms with Gasteiger partial charge in [-0.1, -0.05) is 97.1 Å². The number of aromatic nitrogens is 3. The predicted molar refractivity (Wildman–Crippen MR) is 193 cm³/mol. The van der Waals surface area contributed by atoms with E-state index in [1.165, 1.54) is 0 Å². The molecule has 8 aromatic rings. The van der Waals surface area contributed by atoms with Crippen LogP contribution < -0.4 is 10.2 Å². The Morgan fingerprint density at radius 2 is 1.09 bits per heavy atom. The van der Waals surface area contributed by atoms with E-state index in [4.69, 9.17) is 15.0 Å². The van der Waals surface area contributed by atoms with E-state index in [1.54, 1.807) is 0 Å². The second kappa shape index (κ2) is 11.2. The number of anilines is 3. The smallest absolute Gasteiger partial charge is 0.158 e. The van der Waals surface area contributed by atoms with Crippen molar-refractivity contribution in [2.24, 2.45) is 0 Å². The van der Waals surface area contributed by atoms with E-state index in [0.29, 0.717) is 0 Å². The molecule has 0 saturated carbocycles. The van der Waals surface area contributed by atoms with Gasteiger partial charge in [-0.25, -0.2) is 4.98 Å². The van der Waals surface area contributed by atoms with Gasteiger partial charge in [-0.3, -0.25) is 14.9 Å². The molecule has 9 rings (SSSR count). The van der Waals surface area contributed by atoms with Crippen molar-refractivity contribution in [2.75, 3.05) is 10.2 Å². The monoisotopic (exact) mass is 603 g/mol. The first-order valence-corrected chi connectivity index (χ1v) is 15.8. The Morgan fingerprint density at radius 1 is 0.489 bits per heavy atom. The Labute approximate surface area is 272 Å². The van der Waals surface area contributed by atoms with Crippen LogP contribution in [0, 0.1) is 0 Å². The van der Waals surface area contributed by atoms with Crippen LogP contribution in [0.5, 0.6) is 0 Å². The standard InChI is InChI=1S/C42H29N5/c1-3-11-28(12-4-1)34-26-38-42(45-27-34)47(35-17-5-2-6-18-35)41(46-38)33-24-31(36-19-7-13-29-15-9-21-43-39(29)36)23-32(25-33)37-20-8-14-30-16-10-22-44-40(30)37/h1-27,41,46H. The number of hydrogen-bond acceptors (Lipinski definition) is 5. The second-order valence-corrected chi connectivity index (χ2v) is 11.8. The lowest BCUT2D eigenvalue weighted by molar-refractivity contribution is 0.821. The molecular weight excluding hydrogens is 574 g/mol. The van der Waals surface area contributed by atoms with Crippen molar-refractivity contribution in [1.29, 1.82) is 0 Å². The summed E-state index contributed by atoms with van der Waals surface area (Å²) in [7, 11) is 0. The van der Waals surface area contributed by atoms with Crippen molar-refractivity contribution >= 4 is 39.0 Å². The lowest BCUT2D eigenvalue weighted by Gasteiger charge is -2.27. The topological polar surface area (TPSA) is 53.9 Å². The fourth-order valence-electron chi connectivity index (χ4n) is 6.77. The molecule has 5 nitrogen and oxygen atoms in total. The maximum Gasteiger partial charge on any atom is 0.158 e. The molecule has 5 aromatic carbocycles. The molecule has 1 atom stereocenters. The Bertz CT molecular complexity index is 2300. The molecule has 1 aliphatic rings. The zero-order valence-electron chi connectivity index (χ0n) is 25.5. The molecule has 0 bridgehead atoms. The van der Waals surface area contributed by atoms with Crippen molar-refractivity contribution < 1.29 is 0 Å². The molecule has 0 saturated heterocycles. The van der Waals surface area contributed by atoms with E-state index >= 15 is 0 Å². The van der Waals surface area contributed by atoms with E-state index in [0.717, 1.165) is 77.9 Å². The number of fused-ring (bicyclic) bond motifs is 3. The first-order chi connectivity index (χ1) is 23.3. The van der Waals surface area contributed by atoms with Crippen LogP contribution in [0.15, 0.2) is 164 Å². The third kappa shape index (κ3) is 4.77. The SMILES string of the molecule is c1ccc(-c2cnc3c(c2)NC(c2cc(-c4cccc5cccnc45)cc(-c4cccc5cccnc45)c2)N3c2ccccc2)cc1. The molecule has 0 radical (unpaired) electrons. The maximum atomic E-state index is 5.06. The third-order valence-electron chi connectivity index (χ3n) is 8.95. The fourth-order valence-corrected chi connectivity index (χ4v) is 6.77. The molecule has 3 aromatic heterocycles. The lowest BCUT2D eigenvalue weighted by Crippen LogP contribution is -2.24. The van der Waals surface area contributed by atoms with Crippen molar-refractivity contribution in [2.45, 2.75) is 6.17 Å². The largest absolute Gasteiger partial charge is 0.358 e. The summed E-state index contributed by atoms with van der Waals surface area (Å²) in [5, 5.41) is 6.09. The van der Waals surface area contributed by atoms with Gasteiger partial charge in [-0.15, -0.1) is 0 Å². The van der Waals surface area contributed by atoms with Crippen LogP contribution in [0.2, 0.25) is 0 Å². The highest BCUT2D eigenvalue weighted by molar-refractivity contribution is 5.98. The number of pyridine rings is 3. The number of rotatable bonds is 5. The Morgan fingerprint density at radius 3 is 1.72 bits per heavy atom. The van der Waals surface area contributed by atoms with Crippen molar-refractivity contribution in [3.05, 3.63) is 170 Å². The number of nitrogens with one attached hydrogen (secondary N) is 1. The minimum absolute atomic E-state index is 0.213. The van der Waals surface area contributed by atoms with Gasteiger partial charge in [0.15, 0.2) is 5.82 Å². The molecule has 0 amide bonds. The number of para-hydroxylation sites is 3. The zero-order chi connectivity index (χ0) is 31.2. The summed E-state index contributed by atoms with van der Waals surface area (Å²) >= 11 is 0. The minimum Gasteiger partial charge on any atom is -0.358 e. The molecule has 0 spiro atoms. The Hall–Kier alpha value is -6.33. The second-order valence-electron chi connectivity index (χ2n) is 11.8. The molecule has 0 fully saturated rings. The van der Waals surface area contributed by atoms with Crippen LogP contribution in [0.3, 0.4) is 0 Å². The van der Waals surface area contributed by atoms with Gasteiger partial charge in [-0.05, 0) is 70.8 Å². The average Bonchev–Trinajstić information content (AvgIpc) is 3.54. The number of benzene rings is 5.